The zero-order valence-corrected chi connectivity index (χ0v) is 13.7. The molecule has 2 aromatic rings. The van der Waals surface area contributed by atoms with E-state index in [2.05, 4.69) is 4.72 Å². The summed E-state index contributed by atoms with van der Waals surface area (Å²) in [5, 5.41) is 8.92. The van der Waals surface area contributed by atoms with Crippen LogP contribution in [-0.2, 0) is 10.0 Å². The van der Waals surface area contributed by atoms with Crippen LogP contribution in [0, 0.1) is 5.82 Å². The third-order valence-electron chi connectivity index (χ3n) is 3.48. The van der Waals surface area contributed by atoms with Crippen LogP contribution in [-0.4, -0.2) is 32.7 Å². The first kappa shape index (κ1) is 17.0. The molecule has 0 fully saturated rings. The molecule has 0 amide bonds. The molecule has 0 radical (unpaired) electrons. The van der Waals surface area contributed by atoms with Gasteiger partial charge in [-0.3, -0.25) is 4.72 Å². The van der Waals surface area contributed by atoms with Gasteiger partial charge in [0.05, 0.1) is 29.4 Å². The van der Waals surface area contributed by atoms with Crippen molar-refractivity contribution in [2.75, 3.05) is 17.9 Å². The van der Waals surface area contributed by atoms with Gasteiger partial charge in [-0.2, -0.15) is 0 Å². The number of benzene rings is 2. The molecule has 2 aromatic carbocycles. The summed E-state index contributed by atoms with van der Waals surface area (Å²) in [6.45, 7) is 0.953. The van der Waals surface area contributed by atoms with Crippen LogP contribution in [0.25, 0.3) is 0 Å². The van der Waals surface area contributed by atoms with E-state index in [1.54, 1.807) is 6.07 Å². The molecule has 0 spiro atoms. The van der Waals surface area contributed by atoms with Crippen molar-refractivity contribution >= 4 is 21.7 Å². The summed E-state index contributed by atoms with van der Waals surface area (Å²) in [6, 6.07) is 7.10. The van der Waals surface area contributed by atoms with Gasteiger partial charge in [0.15, 0.2) is 11.5 Å². The highest BCUT2D eigenvalue weighted by Gasteiger charge is 2.20. The minimum Gasteiger partial charge on any atom is -0.490 e. The second-order valence-electron chi connectivity index (χ2n) is 5.26. The van der Waals surface area contributed by atoms with Crippen molar-refractivity contribution in [2.45, 2.75) is 11.3 Å². The Hall–Kier alpha value is -2.81. The minimum atomic E-state index is -4.10. The monoisotopic (exact) mass is 367 g/mol. The number of fused-ring (bicyclic) bond motifs is 1. The summed E-state index contributed by atoms with van der Waals surface area (Å²) in [5.74, 6) is -1.65. The van der Waals surface area contributed by atoms with E-state index in [0.29, 0.717) is 31.1 Å². The first-order valence-electron chi connectivity index (χ1n) is 7.32. The van der Waals surface area contributed by atoms with Crippen LogP contribution in [0.1, 0.15) is 16.8 Å². The summed E-state index contributed by atoms with van der Waals surface area (Å²) in [4.78, 5) is 10.6. The van der Waals surface area contributed by atoms with E-state index in [1.807, 2.05) is 0 Å². The molecule has 1 aliphatic rings. The lowest BCUT2D eigenvalue weighted by Crippen LogP contribution is -2.14. The Kier molecular flexibility index (Phi) is 4.49. The second-order valence-corrected chi connectivity index (χ2v) is 6.95. The molecule has 25 heavy (non-hydrogen) atoms. The maximum absolute atomic E-state index is 13.4. The Morgan fingerprint density at radius 3 is 2.52 bits per heavy atom. The highest BCUT2D eigenvalue weighted by molar-refractivity contribution is 7.92. The summed E-state index contributed by atoms with van der Waals surface area (Å²) in [7, 11) is -4.10. The highest BCUT2D eigenvalue weighted by Crippen LogP contribution is 2.33. The molecule has 0 aromatic heterocycles. The predicted molar refractivity (Wildman–Crippen MR) is 86.2 cm³/mol. The Labute approximate surface area is 143 Å². The van der Waals surface area contributed by atoms with Crippen LogP contribution < -0.4 is 14.2 Å². The fourth-order valence-electron chi connectivity index (χ4n) is 2.28. The fraction of sp³-hybridized carbons (Fsp3) is 0.188. The number of halogens is 1. The van der Waals surface area contributed by atoms with Gasteiger partial charge in [-0.05, 0) is 30.3 Å². The highest BCUT2D eigenvalue weighted by atomic mass is 32.2. The number of carbonyl (C=O) groups is 1. The quantitative estimate of drug-likeness (QED) is 0.861. The first-order chi connectivity index (χ1) is 11.9. The number of hydrogen-bond donors (Lipinski definition) is 2. The normalized spacial score (nSPS) is 13.8. The van der Waals surface area contributed by atoms with Gasteiger partial charge < -0.3 is 14.6 Å². The molecule has 0 atom stereocenters. The van der Waals surface area contributed by atoms with Gasteiger partial charge in [-0.1, -0.05) is 0 Å². The third-order valence-corrected chi connectivity index (χ3v) is 4.86. The largest absolute Gasteiger partial charge is 0.490 e. The molecule has 0 unspecified atom stereocenters. The third kappa shape index (κ3) is 3.66. The van der Waals surface area contributed by atoms with Crippen molar-refractivity contribution in [2.24, 2.45) is 0 Å². The maximum atomic E-state index is 13.4. The summed E-state index contributed by atoms with van der Waals surface area (Å²) in [5.41, 5.74) is -0.507. The van der Waals surface area contributed by atoms with Crippen LogP contribution in [0.3, 0.4) is 0 Å². The van der Waals surface area contributed by atoms with Gasteiger partial charge in [0.25, 0.3) is 10.0 Å². The molecule has 0 saturated carbocycles. The topological polar surface area (TPSA) is 102 Å². The maximum Gasteiger partial charge on any atom is 0.338 e. The predicted octanol–water partition coefficient (Wildman–Crippen LogP) is 2.49. The lowest BCUT2D eigenvalue weighted by molar-refractivity contribution is 0.0691. The number of ether oxygens (including phenoxy) is 2. The summed E-state index contributed by atoms with van der Waals surface area (Å²) in [6.07, 6.45) is 0.712. The standard InChI is InChI=1S/C16H14FNO6S/c17-13-4-3-11(9-12(13)16(19)20)25(21,22)18-10-2-5-14-15(8-10)24-7-1-6-23-14/h2-5,8-9,18H,1,6-7H2,(H,19,20). The van der Waals surface area contributed by atoms with E-state index in [4.69, 9.17) is 14.6 Å². The van der Waals surface area contributed by atoms with Crippen LogP contribution >= 0.6 is 0 Å². The number of carboxylic acids is 1. The zero-order chi connectivity index (χ0) is 18.0. The van der Waals surface area contributed by atoms with E-state index < -0.39 is 27.4 Å². The molecule has 1 aliphatic heterocycles. The van der Waals surface area contributed by atoms with E-state index >= 15 is 0 Å². The van der Waals surface area contributed by atoms with Gasteiger partial charge >= 0.3 is 5.97 Å². The van der Waals surface area contributed by atoms with E-state index in [9.17, 15) is 17.6 Å². The second kappa shape index (κ2) is 6.60. The van der Waals surface area contributed by atoms with Crippen LogP contribution in [0.4, 0.5) is 10.1 Å². The molecule has 3 rings (SSSR count). The van der Waals surface area contributed by atoms with Crippen LogP contribution in [0.2, 0.25) is 0 Å². The minimum absolute atomic E-state index is 0.213. The number of sulfonamides is 1. The Morgan fingerprint density at radius 1 is 1.08 bits per heavy atom. The molecule has 9 heteroatoms. The smallest absolute Gasteiger partial charge is 0.338 e. The van der Waals surface area contributed by atoms with Crippen molar-refractivity contribution in [1.82, 2.24) is 0 Å². The Balaban J connectivity index is 1.90. The number of rotatable bonds is 4. The van der Waals surface area contributed by atoms with Gasteiger partial charge in [0, 0.05) is 12.5 Å². The molecular weight excluding hydrogens is 353 g/mol. The summed E-state index contributed by atoms with van der Waals surface area (Å²) < 4.78 is 51.6. The number of anilines is 1. The molecule has 132 valence electrons. The molecule has 2 N–H and O–H groups in total. The average Bonchev–Trinajstić information content (AvgIpc) is 2.79. The SMILES string of the molecule is O=C(O)c1cc(S(=O)(=O)Nc2ccc3c(c2)OCCCO3)ccc1F. The fourth-order valence-corrected chi connectivity index (χ4v) is 3.35. The number of carboxylic acid groups (broad SMARTS) is 1. The van der Waals surface area contributed by atoms with Crippen molar-refractivity contribution in [3.63, 3.8) is 0 Å². The molecule has 0 aliphatic carbocycles. The molecular formula is C16H14FNO6S. The van der Waals surface area contributed by atoms with E-state index in [0.717, 1.165) is 18.2 Å². The molecule has 0 saturated heterocycles. The van der Waals surface area contributed by atoms with Crippen molar-refractivity contribution in [3.05, 3.63) is 47.8 Å². The van der Waals surface area contributed by atoms with Crippen molar-refractivity contribution < 1.29 is 32.2 Å². The van der Waals surface area contributed by atoms with Crippen LogP contribution in [0.5, 0.6) is 11.5 Å². The zero-order valence-electron chi connectivity index (χ0n) is 12.9. The number of nitrogens with one attached hydrogen (secondary N) is 1. The average molecular weight is 367 g/mol. The summed E-state index contributed by atoms with van der Waals surface area (Å²) >= 11 is 0. The van der Waals surface area contributed by atoms with Gasteiger partial charge in [0.1, 0.15) is 5.82 Å². The van der Waals surface area contributed by atoms with Gasteiger partial charge in [-0.15, -0.1) is 0 Å². The van der Waals surface area contributed by atoms with E-state index in [1.165, 1.54) is 12.1 Å². The Bertz CT molecular complexity index is 928. The lowest BCUT2D eigenvalue weighted by Gasteiger charge is -2.12. The van der Waals surface area contributed by atoms with E-state index in [-0.39, 0.29) is 10.6 Å². The van der Waals surface area contributed by atoms with Crippen molar-refractivity contribution in [1.29, 1.82) is 0 Å². The molecule has 0 bridgehead atoms. The number of aromatic carboxylic acids is 1. The lowest BCUT2D eigenvalue weighted by atomic mass is 10.2. The van der Waals surface area contributed by atoms with Gasteiger partial charge in [0.2, 0.25) is 0 Å². The molecule has 1 heterocycles. The first-order valence-corrected chi connectivity index (χ1v) is 8.80. The van der Waals surface area contributed by atoms with Crippen molar-refractivity contribution in [3.8, 4) is 11.5 Å². The Morgan fingerprint density at radius 2 is 1.80 bits per heavy atom. The number of hydrogen-bond acceptors (Lipinski definition) is 5. The molecule has 7 nitrogen and oxygen atoms in total. The van der Waals surface area contributed by atoms with Gasteiger partial charge in [-0.25, -0.2) is 17.6 Å². The van der Waals surface area contributed by atoms with Crippen LogP contribution in [0.15, 0.2) is 41.3 Å².